The fourth-order valence-corrected chi connectivity index (χ4v) is 2.84. The SMILES string of the molecule is CCC1(C(=O)O)CCCN1C(=O)NCc1cccc(F)c1. The van der Waals surface area contributed by atoms with Gasteiger partial charge < -0.3 is 15.3 Å². The number of carboxylic acids is 1. The summed E-state index contributed by atoms with van der Waals surface area (Å²) in [5.74, 6) is -1.33. The highest BCUT2D eigenvalue weighted by molar-refractivity contribution is 5.87. The van der Waals surface area contributed by atoms with Crippen LogP contribution in [-0.2, 0) is 11.3 Å². The lowest BCUT2D eigenvalue weighted by atomic mass is 9.93. The molecule has 1 aromatic carbocycles. The van der Waals surface area contributed by atoms with Crippen LogP contribution in [0.4, 0.5) is 9.18 Å². The Kier molecular flexibility index (Phi) is 4.45. The minimum Gasteiger partial charge on any atom is -0.479 e. The van der Waals surface area contributed by atoms with Gasteiger partial charge in [-0.05, 0) is 37.0 Å². The van der Waals surface area contributed by atoms with Crippen LogP contribution in [0.5, 0.6) is 0 Å². The number of halogens is 1. The Bertz CT molecular complexity index is 549. The molecule has 0 saturated carbocycles. The number of likely N-dealkylation sites (tertiary alicyclic amines) is 1. The van der Waals surface area contributed by atoms with Crippen LogP contribution >= 0.6 is 0 Å². The van der Waals surface area contributed by atoms with E-state index in [0.717, 1.165) is 0 Å². The number of urea groups is 1. The van der Waals surface area contributed by atoms with Gasteiger partial charge in [-0.3, -0.25) is 0 Å². The zero-order chi connectivity index (χ0) is 15.5. The molecular weight excluding hydrogens is 275 g/mol. The van der Waals surface area contributed by atoms with Gasteiger partial charge in [-0.15, -0.1) is 0 Å². The average Bonchev–Trinajstić information content (AvgIpc) is 2.90. The van der Waals surface area contributed by atoms with Crippen molar-refractivity contribution in [2.24, 2.45) is 0 Å². The Morgan fingerprint density at radius 2 is 2.24 bits per heavy atom. The quantitative estimate of drug-likeness (QED) is 0.895. The molecular formula is C15H19FN2O3. The van der Waals surface area contributed by atoms with Gasteiger partial charge in [0.15, 0.2) is 0 Å². The van der Waals surface area contributed by atoms with Gasteiger partial charge in [-0.2, -0.15) is 0 Å². The van der Waals surface area contributed by atoms with Gasteiger partial charge in [0, 0.05) is 13.1 Å². The Labute approximate surface area is 122 Å². The first kappa shape index (κ1) is 15.3. The molecule has 0 spiro atoms. The topological polar surface area (TPSA) is 69.6 Å². The van der Waals surface area contributed by atoms with Crippen LogP contribution in [-0.4, -0.2) is 34.1 Å². The van der Waals surface area contributed by atoms with Gasteiger partial charge in [-0.25, -0.2) is 14.0 Å². The average molecular weight is 294 g/mol. The summed E-state index contributed by atoms with van der Waals surface area (Å²) in [4.78, 5) is 25.1. The minimum absolute atomic E-state index is 0.173. The summed E-state index contributed by atoms with van der Waals surface area (Å²) in [7, 11) is 0. The first-order valence-electron chi connectivity index (χ1n) is 7.03. The molecule has 1 aliphatic heterocycles. The van der Waals surface area contributed by atoms with Gasteiger partial charge in [0.05, 0.1) is 0 Å². The van der Waals surface area contributed by atoms with E-state index in [9.17, 15) is 19.1 Å². The molecule has 0 aromatic heterocycles. The smallest absolute Gasteiger partial charge is 0.329 e. The lowest BCUT2D eigenvalue weighted by Crippen LogP contribution is -2.55. The standard InChI is InChI=1S/C15H19FN2O3/c1-2-15(13(19)20)7-4-8-18(15)14(21)17-10-11-5-3-6-12(16)9-11/h3,5-6,9H,2,4,7-8,10H2,1H3,(H,17,21)(H,19,20). The first-order valence-corrected chi connectivity index (χ1v) is 7.03. The van der Waals surface area contributed by atoms with E-state index in [1.165, 1.54) is 17.0 Å². The minimum atomic E-state index is -1.12. The second-order valence-electron chi connectivity index (χ2n) is 5.23. The molecule has 1 fully saturated rings. The number of carbonyl (C=O) groups is 2. The monoisotopic (exact) mass is 294 g/mol. The third-order valence-corrected chi connectivity index (χ3v) is 4.05. The number of nitrogens with zero attached hydrogens (tertiary/aromatic N) is 1. The second-order valence-corrected chi connectivity index (χ2v) is 5.23. The maximum absolute atomic E-state index is 13.1. The van der Waals surface area contributed by atoms with Crippen LogP contribution in [0, 0.1) is 5.82 Å². The molecule has 2 rings (SSSR count). The molecule has 1 aliphatic rings. The number of amides is 2. The van der Waals surface area contributed by atoms with E-state index in [0.29, 0.717) is 31.4 Å². The van der Waals surface area contributed by atoms with E-state index in [1.807, 2.05) is 0 Å². The number of hydrogen-bond donors (Lipinski definition) is 2. The molecule has 6 heteroatoms. The number of carboxylic acid groups (broad SMARTS) is 1. The molecule has 5 nitrogen and oxygen atoms in total. The van der Waals surface area contributed by atoms with E-state index in [4.69, 9.17) is 0 Å². The van der Waals surface area contributed by atoms with Crippen LogP contribution in [0.15, 0.2) is 24.3 Å². The molecule has 1 atom stereocenters. The summed E-state index contributed by atoms with van der Waals surface area (Å²) in [6, 6.07) is 5.53. The van der Waals surface area contributed by atoms with Crippen molar-refractivity contribution < 1.29 is 19.1 Å². The normalized spacial score (nSPS) is 21.3. The van der Waals surface area contributed by atoms with Gasteiger partial charge in [0.1, 0.15) is 11.4 Å². The molecule has 21 heavy (non-hydrogen) atoms. The molecule has 0 aliphatic carbocycles. The number of carbonyl (C=O) groups excluding carboxylic acids is 1. The van der Waals surface area contributed by atoms with Crippen molar-refractivity contribution in [3.63, 3.8) is 0 Å². The van der Waals surface area contributed by atoms with E-state index in [2.05, 4.69) is 5.32 Å². The summed E-state index contributed by atoms with van der Waals surface area (Å²) < 4.78 is 13.1. The van der Waals surface area contributed by atoms with Crippen LogP contribution < -0.4 is 5.32 Å². The second kappa shape index (κ2) is 6.11. The van der Waals surface area contributed by atoms with Crippen molar-refractivity contribution in [3.05, 3.63) is 35.6 Å². The highest BCUT2D eigenvalue weighted by atomic mass is 19.1. The Morgan fingerprint density at radius 1 is 1.48 bits per heavy atom. The molecule has 2 amide bonds. The van der Waals surface area contributed by atoms with Gasteiger partial charge >= 0.3 is 12.0 Å². The fourth-order valence-electron chi connectivity index (χ4n) is 2.84. The molecule has 0 bridgehead atoms. The Morgan fingerprint density at radius 3 is 2.86 bits per heavy atom. The predicted octanol–water partition coefficient (Wildman–Crippen LogP) is 2.36. The van der Waals surface area contributed by atoms with Crippen LogP contribution in [0.2, 0.25) is 0 Å². The van der Waals surface area contributed by atoms with Gasteiger partial charge in [0.25, 0.3) is 0 Å². The van der Waals surface area contributed by atoms with Crippen molar-refractivity contribution in [1.82, 2.24) is 10.2 Å². The summed E-state index contributed by atoms with van der Waals surface area (Å²) >= 11 is 0. The number of hydrogen-bond acceptors (Lipinski definition) is 2. The van der Waals surface area contributed by atoms with Crippen molar-refractivity contribution in [3.8, 4) is 0 Å². The number of aliphatic carboxylic acids is 1. The molecule has 1 unspecified atom stereocenters. The van der Waals surface area contributed by atoms with E-state index in [-0.39, 0.29) is 12.4 Å². The summed E-state index contributed by atoms with van der Waals surface area (Å²) in [6.07, 6.45) is 1.51. The van der Waals surface area contributed by atoms with Gasteiger partial charge in [-0.1, -0.05) is 19.1 Å². The predicted molar refractivity (Wildman–Crippen MR) is 75.2 cm³/mol. The summed E-state index contributed by atoms with van der Waals surface area (Å²) in [5, 5.41) is 12.1. The zero-order valence-electron chi connectivity index (χ0n) is 11.9. The molecule has 0 radical (unpaired) electrons. The number of benzene rings is 1. The zero-order valence-corrected chi connectivity index (χ0v) is 11.9. The maximum atomic E-state index is 13.1. The highest BCUT2D eigenvalue weighted by Gasteiger charge is 2.48. The third-order valence-electron chi connectivity index (χ3n) is 4.05. The van der Waals surface area contributed by atoms with Crippen LogP contribution in [0.25, 0.3) is 0 Å². The van der Waals surface area contributed by atoms with Crippen molar-refractivity contribution >= 4 is 12.0 Å². The maximum Gasteiger partial charge on any atom is 0.329 e. The van der Waals surface area contributed by atoms with Gasteiger partial charge in [0.2, 0.25) is 0 Å². The van der Waals surface area contributed by atoms with Crippen LogP contribution in [0.1, 0.15) is 31.7 Å². The van der Waals surface area contributed by atoms with Crippen molar-refractivity contribution in [2.45, 2.75) is 38.3 Å². The molecule has 1 heterocycles. The van der Waals surface area contributed by atoms with Crippen molar-refractivity contribution in [2.75, 3.05) is 6.54 Å². The van der Waals surface area contributed by atoms with Crippen LogP contribution in [0.3, 0.4) is 0 Å². The van der Waals surface area contributed by atoms with Crippen molar-refractivity contribution in [1.29, 1.82) is 0 Å². The third kappa shape index (κ3) is 2.99. The lowest BCUT2D eigenvalue weighted by Gasteiger charge is -2.33. The largest absolute Gasteiger partial charge is 0.479 e. The summed E-state index contributed by atoms with van der Waals surface area (Å²) in [6.45, 7) is 2.37. The van der Waals surface area contributed by atoms with E-state index < -0.39 is 17.5 Å². The summed E-state index contributed by atoms with van der Waals surface area (Å²) in [5.41, 5.74) is -0.480. The Hall–Kier alpha value is -2.11. The van der Waals surface area contributed by atoms with E-state index in [1.54, 1.807) is 19.1 Å². The number of rotatable bonds is 4. The molecule has 1 saturated heterocycles. The number of nitrogens with one attached hydrogen (secondary N) is 1. The fraction of sp³-hybridized carbons (Fsp3) is 0.467. The highest BCUT2D eigenvalue weighted by Crippen LogP contribution is 2.32. The first-order chi connectivity index (χ1) is 9.99. The lowest BCUT2D eigenvalue weighted by molar-refractivity contribution is -0.148. The molecule has 114 valence electrons. The molecule has 1 aromatic rings. The molecule has 2 N–H and O–H groups in total. The van der Waals surface area contributed by atoms with E-state index >= 15 is 0 Å². The Balaban J connectivity index is 2.04.